The van der Waals surface area contributed by atoms with Gasteiger partial charge >= 0.3 is 0 Å². The Morgan fingerprint density at radius 3 is 2.36 bits per heavy atom. The summed E-state index contributed by atoms with van der Waals surface area (Å²) < 4.78 is 46.5. The maximum atomic E-state index is 14.2. The van der Waals surface area contributed by atoms with Gasteiger partial charge in [-0.05, 0) is 79.7 Å². The van der Waals surface area contributed by atoms with Crippen molar-refractivity contribution in [3.05, 3.63) is 102 Å². The largest absolute Gasteiger partial charge is 0.493 e. The summed E-state index contributed by atoms with van der Waals surface area (Å²) in [6.45, 7) is 6.21. The van der Waals surface area contributed by atoms with Crippen LogP contribution in [-0.4, -0.2) is 43.6 Å². The first-order valence-corrected chi connectivity index (χ1v) is 20.8. The van der Waals surface area contributed by atoms with Crippen molar-refractivity contribution in [2.24, 2.45) is 23.2 Å². The van der Waals surface area contributed by atoms with E-state index in [4.69, 9.17) is 4.74 Å². The molecule has 0 spiro atoms. The molecule has 0 bridgehead atoms. The molecule has 0 aromatic heterocycles. The molecular weight excluding hydrogens is 698 g/mol. The Kier molecular flexibility index (Phi) is 13.3. The van der Waals surface area contributed by atoms with Crippen LogP contribution < -0.4 is 15.4 Å². The minimum atomic E-state index is -3.15. The van der Waals surface area contributed by atoms with Crippen LogP contribution in [0, 0.1) is 23.2 Å². The zero-order chi connectivity index (χ0) is 39.1. The van der Waals surface area contributed by atoms with Gasteiger partial charge < -0.3 is 15.4 Å². The third kappa shape index (κ3) is 8.63. The van der Waals surface area contributed by atoms with E-state index in [0.717, 1.165) is 99.5 Å². The molecule has 2 aromatic rings. The molecule has 8 atom stereocenters. The number of nitrogens with one attached hydrogen (secondary N) is 2. The summed E-state index contributed by atoms with van der Waals surface area (Å²) in [5.41, 5.74) is 1.00. The van der Waals surface area contributed by atoms with Gasteiger partial charge in [-0.25, -0.2) is 13.2 Å². The molecule has 2 N–H and O–H groups in total. The summed E-state index contributed by atoms with van der Waals surface area (Å²) >= 11 is 0. The maximum absolute atomic E-state index is 14.2. The van der Waals surface area contributed by atoms with Gasteiger partial charge in [0.15, 0.2) is 6.17 Å². The van der Waals surface area contributed by atoms with E-state index >= 15 is 0 Å². The number of benzene rings is 2. The standard InChI is InChI=1S/C47H61F3N2O3/c1-33-17-15-21-35(32-55-37-24-5-4-6-25-37)46(33,3)43(53)52-36-22-8-7-18-34(20-16-23-36)19-11-14-30-47(44(54)51-31-40(48)42(49)50)39-27-10-9-26-38(39)45(2)29-13-12-28-41(45)47/h4-6,9-10,12-13,15,21,24-28,33-36,40,42H,7-8,11,14,16-20,22-23,29-32H2,1-3H3,(H,51,54)(H,52,53). The van der Waals surface area contributed by atoms with Crippen LogP contribution in [0.4, 0.5) is 13.2 Å². The Morgan fingerprint density at radius 1 is 0.873 bits per heavy atom. The van der Waals surface area contributed by atoms with Gasteiger partial charge in [0.2, 0.25) is 11.8 Å². The normalized spacial score (nSPS) is 30.9. The molecule has 4 aliphatic carbocycles. The number of hydrogen-bond acceptors (Lipinski definition) is 3. The second kappa shape index (κ2) is 18.0. The minimum absolute atomic E-state index is 0.0158. The van der Waals surface area contributed by atoms with E-state index in [1.165, 1.54) is 0 Å². The molecule has 0 saturated heterocycles. The van der Waals surface area contributed by atoms with Crippen molar-refractivity contribution in [1.29, 1.82) is 0 Å². The van der Waals surface area contributed by atoms with Gasteiger partial charge in [0, 0.05) is 17.4 Å². The summed E-state index contributed by atoms with van der Waals surface area (Å²) in [7, 11) is 0. The molecule has 298 valence electrons. The average molecular weight is 759 g/mol. The van der Waals surface area contributed by atoms with Gasteiger partial charge in [-0.1, -0.05) is 138 Å². The number of hydrogen-bond donors (Lipinski definition) is 2. The van der Waals surface area contributed by atoms with Gasteiger partial charge in [-0.2, -0.15) is 0 Å². The molecule has 1 saturated carbocycles. The monoisotopic (exact) mass is 758 g/mol. The van der Waals surface area contributed by atoms with Crippen molar-refractivity contribution >= 4 is 11.8 Å². The zero-order valence-corrected chi connectivity index (χ0v) is 33.0. The molecular formula is C47H61F3N2O3. The van der Waals surface area contributed by atoms with Gasteiger partial charge in [-0.3, -0.25) is 9.59 Å². The van der Waals surface area contributed by atoms with Crippen molar-refractivity contribution in [3.8, 4) is 5.75 Å². The fourth-order valence-corrected chi connectivity index (χ4v) is 10.1. The lowest BCUT2D eigenvalue weighted by atomic mass is 9.64. The number of carbonyl (C=O) groups is 2. The highest BCUT2D eigenvalue weighted by Gasteiger charge is 2.57. The first kappa shape index (κ1) is 40.8. The van der Waals surface area contributed by atoms with Crippen LogP contribution in [0.5, 0.6) is 5.75 Å². The number of fused-ring (bicyclic) bond motifs is 3. The highest BCUT2D eigenvalue weighted by Crippen LogP contribution is 2.58. The van der Waals surface area contributed by atoms with Gasteiger partial charge in [0.25, 0.3) is 6.43 Å². The van der Waals surface area contributed by atoms with Crippen LogP contribution >= 0.6 is 0 Å². The summed E-state index contributed by atoms with van der Waals surface area (Å²) in [4.78, 5) is 28.3. The van der Waals surface area contributed by atoms with Crippen LogP contribution in [0.2, 0.25) is 0 Å². The van der Waals surface area contributed by atoms with E-state index in [2.05, 4.69) is 55.7 Å². The minimum Gasteiger partial charge on any atom is -0.493 e. The zero-order valence-electron chi connectivity index (χ0n) is 33.0. The number of ether oxygens (including phenoxy) is 1. The number of alkyl halides is 3. The lowest BCUT2D eigenvalue weighted by Gasteiger charge is -2.42. The Hall–Kier alpha value is -3.81. The fourth-order valence-electron chi connectivity index (χ4n) is 10.1. The Morgan fingerprint density at radius 2 is 1.58 bits per heavy atom. The lowest BCUT2D eigenvalue weighted by Crippen LogP contribution is -2.52. The summed E-state index contributed by atoms with van der Waals surface area (Å²) in [5, 5.41) is 6.12. The van der Waals surface area contributed by atoms with Crippen LogP contribution in [0.25, 0.3) is 0 Å². The number of rotatable bonds is 14. The third-order valence-corrected chi connectivity index (χ3v) is 13.7. The maximum Gasteiger partial charge on any atom is 0.271 e. The molecule has 2 amide bonds. The Balaban J connectivity index is 1.06. The molecule has 8 heteroatoms. The summed E-state index contributed by atoms with van der Waals surface area (Å²) in [5.74, 6) is 1.32. The molecule has 8 unspecified atom stereocenters. The number of allylic oxidation sites excluding steroid dienone is 4. The Bertz CT molecular complexity index is 1710. The van der Waals surface area contributed by atoms with E-state index in [-0.39, 0.29) is 35.1 Å². The highest BCUT2D eigenvalue weighted by atomic mass is 19.3. The molecule has 2 aromatic carbocycles. The molecule has 0 aliphatic heterocycles. The van der Waals surface area contributed by atoms with E-state index in [1.54, 1.807) is 0 Å². The SMILES string of the molecule is CC1CC=CC(COc2ccccc2)C1(C)C(=O)NC1CCCCC(CCCCC2(C(=O)NCC(F)C(F)F)C3=CC=CCC3(C)c3ccccc32)CCC1. The van der Waals surface area contributed by atoms with Gasteiger partial charge in [0.1, 0.15) is 5.75 Å². The predicted octanol–water partition coefficient (Wildman–Crippen LogP) is 10.5. The summed E-state index contributed by atoms with van der Waals surface area (Å²) in [6, 6.07) is 18.0. The number of unbranched alkanes of at least 4 members (excludes halogenated alkanes) is 1. The van der Waals surface area contributed by atoms with Gasteiger partial charge in [0.05, 0.1) is 24.0 Å². The highest BCUT2D eigenvalue weighted by molar-refractivity contribution is 5.95. The molecule has 4 aliphatic rings. The van der Waals surface area contributed by atoms with Crippen molar-refractivity contribution < 1.29 is 27.5 Å². The molecule has 0 radical (unpaired) electrons. The fraction of sp³-hybridized carbons (Fsp3) is 0.574. The third-order valence-electron chi connectivity index (χ3n) is 13.7. The smallest absolute Gasteiger partial charge is 0.271 e. The Labute approximate surface area is 326 Å². The van der Waals surface area contributed by atoms with Crippen molar-refractivity contribution in [2.75, 3.05) is 13.2 Å². The predicted molar refractivity (Wildman–Crippen MR) is 214 cm³/mol. The first-order chi connectivity index (χ1) is 26.5. The van der Waals surface area contributed by atoms with Crippen LogP contribution in [0.3, 0.4) is 0 Å². The molecule has 1 fully saturated rings. The van der Waals surface area contributed by atoms with E-state index in [9.17, 15) is 22.8 Å². The quantitative estimate of drug-likeness (QED) is 0.149. The summed E-state index contributed by atoms with van der Waals surface area (Å²) in [6.07, 6.45) is 17.3. The van der Waals surface area contributed by atoms with Crippen LogP contribution in [0.1, 0.15) is 115 Å². The molecule has 6 rings (SSSR count). The molecule has 55 heavy (non-hydrogen) atoms. The number of carbonyl (C=O) groups excluding carboxylic acids is 2. The van der Waals surface area contributed by atoms with Crippen molar-refractivity contribution in [3.63, 3.8) is 0 Å². The van der Waals surface area contributed by atoms with Crippen LogP contribution in [0.15, 0.2) is 90.6 Å². The van der Waals surface area contributed by atoms with Crippen molar-refractivity contribution in [1.82, 2.24) is 10.6 Å². The van der Waals surface area contributed by atoms with E-state index in [0.29, 0.717) is 18.9 Å². The topological polar surface area (TPSA) is 67.4 Å². The molecule has 5 nitrogen and oxygen atoms in total. The van der Waals surface area contributed by atoms with Gasteiger partial charge in [-0.15, -0.1) is 0 Å². The first-order valence-electron chi connectivity index (χ1n) is 20.8. The number of para-hydroxylation sites is 1. The average Bonchev–Trinajstić information content (AvgIpc) is 3.48. The van der Waals surface area contributed by atoms with E-state index < -0.39 is 30.0 Å². The second-order valence-corrected chi connectivity index (χ2v) is 17.1. The number of amides is 2. The number of halogens is 3. The van der Waals surface area contributed by atoms with Crippen LogP contribution in [-0.2, 0) is 20.4 Å². The van der Waals surface area contributed by atoms with E-state index in [1.807, 2.05) is 60.7 Å². The van der Waals surface area contributed by atoms with Crippen molar-refractivity contribution in [2.45, 2.75) is 134 Å². The second-order valence-electron chi connectivity index (χ2n) is 17.1. The molecule has 0 heterocycles. The lowest BCUT2D eigenvalue weighted by molar-refractivity contribution is -0.137.